The molecule has 9 heteroatoms. The Labute approximate surface area is 155 Å². The fourth-order valence-corrected chi connectivity index (χ4v) is 3.85. The summed E-state index contributed by atoms with van der Waals surface area (Å²) in [6, 6.07) is 6.61. The highest BCUT2D eigenvalue weighted by atomic mass is 16.5. The van der Waals surface area contributed by atoms with E-state index >= 15 is 0 Å². The highest BCUT2D eigenvalue weighted by Crippen LogP contribution is 2.34. The normalized spacial score (nSPS) is 23.4. The van der Waals surface area contributed by atoms with Crippen molar-refractivity contribution < 1.29 is 23.9 Å². The highest BCUT2D eigenvalue weighted by molar-refractivity contribution is 6.07. The van der Waals surface area contributed by atoms with Crippen molar-refractivity contribution >= 4 is 29.4 Å². The molecule has 1 atom stereocenters. The van der Waals surface area contributed by atoms with E-state index in [2.05, 4.69) is 10.6 Å². The maximum absolute atomic E-state index is 13.0. The van der Waals surface area contributed by atoms with Crippen molar-refractivity contribution in [2.75, 3.05) is 24.5 Å². The summed E-state index contributed by atoms with van der Waals surface area (Å²) < 4.78 is 5.85. The van der Waals surface area contributed by atoms with Gasteiger partial charge in [-0.05, 0) is 25.0 Å². The summed E-state index contributed by atoms with van der Waals surface area (Å²) in [4.78, 5) is 51.6. The van der Waals surface area contributed by atoms with E-state index in [-0.39, 0.29) is 24.3 Å². The van der Waals surface area contributed by atoms with Crippen molar-refractivity contribution in [2.24, 2.45) is 0 Å². The van der Waals surface area contributed by atoms with Gasteiger partial charge >= 0.3 is 6.03 Å². The van der Waals surface area contributed by atoms with E-state index in [0.29, 0.717) is 37.4 Å². The van der Waals surface area contributed by atoms with Crippen LogP contribution in [0.5, 0.6) is 5.75 Å². The Kier molecular flexibility index (Phi) is 4.01. The predicted octanol–water partition coefficient (Wildman–Crippen LogP) is 0.00110. The molecule has 0 aromatic heterocycles. The average Bonchev–Trinajstić information content (AvgIpc) is 2.93. The van der Waals surface area contributed by atoms with Crippen molar-refractivity contribution in [2.45, 2.75) is 31.4 Å². The van der Waals surface area contributed by atoms with E-state index in [4.69, 9.17) is 4.74 Å². The molecule has 9 nitrogen and oxygen atoms in total. The van der Waals surface area contributed by atoms with Crippen LogP contribution in [-0.4, -0.2) is 59.9 Å². The molecule has 2 N–H and O–H groups in total. The molecule has 27 heavy (non-hydrogen) atoms. The fourth-order valence-electron chi connectivity index (χ4n) is 3.85. The minimum atomic E-state index is -0.931. The average molecular weight is 372 g/mol. The molecule has 0 radical (unpaired) electrons. The lowest BCUT2D eigenvalue weighted by atomic mass is 9.87. The standard InChI is InChI=1S/C18H20N4O5/c1-11(23)22-10-14(27-13-5-3-2-4-12(13)22)15(24)21-8-6-18(7-9-21)16(25)19-17(26)20-18/h2-5,14H,6-10H2,1H3,(H2,19,20,25,26). The molecule has 1 unspecified atom stereocenters. The number of carbonyl (C=O) groups excluding carboxylic acids is 4. The van der Waals surface area contributed by atoms with Crippen molar-refractivity contribution in [1.82, 2.24) is 15.5 Å². The summed E-state index contributed by atoms with van der Waals surface area (Å²) in [6.45, 7) is 2.25. The zero-order valence-corrected chi connectivity index (χ0v) is 14.9. The van der Waals surface area contributed by atoms with E-state index in [1.807, 2.05) is 6.07 Å². The van der Waals surface area contributed by atoms with Crippen LogP contribution in [0.2, 0.25) is 0 Å². The fraction of sp³-hybridized carbons (Fsp3) is 0.444. The van der Waals surface area contributed by atoms with Crippen LogP contribution in [0.15, 0.2) is 24.3 Å². The number of urea groups is 1. The first-order valence-electron chi connectivity index (χ1n) is 8.86. The maximum atomic E-state index is 13.0. The number of ether oxygens (including phenoxy) is 1. The monoisotopic (exact) mass is 372 g/mol. The van der Waals surface area contributed by atoms with Gasteiger partial charge in [-0.15, -0.1) is 0 Å². The highest BCUT2D eigenvalue weighted by Gasteiger charge is 2.49. The van der Waals surface area contributed by atoms with Gasteiger partial charge in [0, 0.05) is 20.0 Å². The number of hydrogen-bond donors (Lipinski definition) is 2. The summed E-state index contributed by atoms with van der Waals surface area (Å²) in [5.41, 5.74) is -0.281. The number of benzene rings is 1. The van der Waals surface area contributed by atoms with E-state index in [1.54, 1.807) is 23.1 Å². The number of carbonyl (C=O) groups is 4. The number of amides is 5. The number of piperidine rings is 1. The molecule has 3 heterocycles. The van der Waals surface area contributed by atoms with E-state index in [0.717, 1.165) is 0 Å². The lowest BCUT2D eigenvalue weighted by Crippen LogP contribution is -2.59. The summed E-state index contributed by atoms with van der Waals surface area (Å²) >= 11 is 0. The Morgan fingerprint density at radius 1 is 1.19 bits per heavy atom. The Bertz CT molecular complexity index is 831. The molecule has 2 fully saturated rings. The van der Waals surface area contributed by atoms with Crippen LogP contribution in [-0.2, 0) is 14.4 Å². The van der Waals surface area contributed by atoms with Crippen molar-refractivity contribution in [3.63, 3.8) is 0 Å². The van der Waals surface area contributed by atoms with Crippen LogP contribution < -0.4 is 20.3 Å². The van der Waals surface area contributed by atoms with E-state index in [1.165, 1.54) is 11.8 Å². The van der Waals surface area contributed by atoms with Crippen LogP contribution >= 0.6 is 0 Å². The van der Waals surface area contributed by atoms with Gasteiger partial charge in [-0.3, -0.25) is 19.7 Å². The maximum Gasteiger partial charge on any atom is 0.322 e. The van der Waals surface area contributed by atoms with E-state index in [9.17, 15) is 19.2 Å². The zero-order valence-electron chi connectivity index (χ0n) is 14.9. The quantitative estimate of drug-likeness (QED) is 0.675. The SMILES string of the molecule is CC(=O)N1CC(C(=O)N2CCC3(CC2)NC(=O)NC3=O)Oc2ccccc21. The molecule has 2 saturated heterocycles. The number of nitrogens with zero attached hydrogens (tertiary/aromatic N) is 2. The lowest BCUT2D eigenvalue weighted by Gasteiger charge is -2.40. The summed E-state index contributed by atoms with van der Waals surface area (Å²) in [5, 5.41) is 4.92. The number of para-hydroxylation sites is 2. The van der Waals surface area contributed by atoms with Gasteiger partial charge in [0.2, 0.25) is 5.91 Å². The van der Waals surface area contributed by atoms with Gasteiger partial charge in [0.1, 0.15) is 11.3 Å². The molecule has 3 aliphatic heterocycles. The Morgan fingerprint density at radius 3 is 2.52 bits per heavy atom. The minimum absolute atomic E-state index is 0.143. The molecule has 4 rings (SSSR count). The molecule has 0 bridgehead atoms. The van der Waals surface area contributed by atoms with E-state index < -0.39 is 17.7 Å². The lowest BCUT2D eigenvalue weighted by molar-refractivity contribution is -0.142. The Hall–Kier alpha value is -3.10. The topological polar surface area (TPSA) is 108 Å². The van der Waals surface area contributed by atoms with Gasteiger partial charge < -0.3 is 19.9 Å². The Balaban J connectivity index is 1.47. The molecule has 5 amide bonds. The second kappa shape index (κ2) is 6.26. The molecule has 3 aliphatic rings. The number of rotatable bonds is 1. The van der Waals surface area contributed by atoms with Crippen LogP contribution in [0, 0.1) is 0 Å². The van der Waals surface area contributed by atoms with Gasteiger partial charge in [0.15, 0.2) is 6.10 Å². The van der Waals surface area contributed by atoms with Gasteiger partial charge in [-0.2, -0.15) is 0 Å². The van der Waals surface area contributed by atoms with Crippen LogP contribution in [0.1, 0.15) is 19.8 Å². The summed E-state index contributed by atoms with van der Waals surface area (Å²) in [7, 11) is 0. The number of imide groups is 1. The second-order valence-electron chi connectivity index (χ2n) is 7.02. The van der Waals surface area contributed by atoms with Crippen molar-refractivity contribution in [3.05, 3.63) is 24.3 Å². The molecular weight excluding hydrogens is 352 g/mol. The van der Waals surface area contributed by atoms with Gasteiger partial charge in [-0.25, -0.2) is 4.79 Å². The van der Waals surface area contributed by atoms with Gasteiger partial charge in [0.25, 0.3) is 11.8 Å². The third-order valence-electron chi connectivity index (χ3n) is 5.37. The number of anilines is 1. The van der Waals surface area contributed by atoms with Gasteiger partial charge in [0.05, 0.1) is 12.2 Å². The third-order valence-corrected chi connectivity index (χ3v) is 5.37. The summed E-state index contributed by atoms with van der Waals surface area (Å²) in [6.07, 6.45) is -0.114. The van der Waals surface area contributed by atoms with Crippen molar-refractivity contribution in [1.29, 1.82) is 0 Å². The van der Waals surface area contributed by atoms with Crippen LogP contribution in [0.3, 0.4) is 0 Å². The van der Waals surface area contributed by atoms with Crippen LogP contribution in [0.25, 0.3) is 0 Å². The molecule has 0 aliphatic carbocycles. The number of nitrogens with one attached hydrogen (secondary N) is 2. The largest absolute Gasteiger partial charge is 0.476 e. The Morgan fingerprint density at radius 2 is 1.89 bits per heavy atom. The summed E-state index contributed by atoms with van der Waals surface area (Å²) in [5.74, 6) is -0.236. The molecular formula is C18H20N4O5. The molecule has 0 saturated carbocycles. The third kappa shape index (κ3) is 2.88. The molecule has 142 valence electrons. The first-order chi connectivity index (χ1) is 12.9. The zero-order chi connectivity index (χ0) is 19.2. The number of hydrogen-bond acceptors (Lipinski definition) is 5. The van der Waals surface area contributed by atoms with Crippen LogP contribution in [0.4, 0.5) is 10.5 Å². The predicted molar refractivity (Wildman–Crippen MR) is 94.1 cm³/mol. The molecule has 1 aromatic rings. The number of likely N-dealkylation sites (tertiary alicyclic amines) is 1. The minimum Gasteiger partial charge on any atom is -0.476 e. The van der Waals surface area contributed by atoms with Gasteiger partial charge in [-0.1, -0.05) is 12.1 Å². The first-order valence-corrected chi connectivity index (χ1v) is 8.86. The first kappa shape index (κ1) is 17.3. The number of fused-ring (bicyclic) bond motifs is 1. The second-order valence-corrected chi connectivity index (χ2v) is 7.02. The smallest absolute Gasteiger partial charge is 0.322 e. The molecule has 1 aromatic carbocycles. The molecule has 1 spiro atoms. The van der Waals surface area contributed by atoms with Crippen molar-refractivity contribution in [3.8, 4) is 5.75 Å².